The first-order valence-corrected chi connectivity index (χ1v) is 5.23. The summed E-state index contributed by atoms with van der Waals surface area (Å²) in [5.41, 5.74) is 0.514. The summed E-state index contributed by atoms with van der Waals surface area (Å²) in [6.07, 6.45) is 4.90. The van der Waals surface area contributed by atoms with Crippen LogP contribution in [0.4, 0.5) is 5.82 Å². The van der Waals surface area contributed by atoms with Gasteiger partial charge in [-0.2, -0.15) is 0 Å². The van der Waals surface area contributed by atoms with Gasteiger partial charge in [0, 0.05) is 14.1 Å². The van der Waals surface area contributed by atoms with Crippen molar-refractivity contribution >= 4 is 34.5 Å². The molecule has 0 unspecified atom stereocenters. The fourth-order valence-corrected chi connectivity index (χ4v) is 1.43. The summed E-state index contributed by atoms with van der Waals surface area (Å²) in [4.78, 5) is 15.8. The van der Waals surface area contributed by atoms with Crippen LogP contribution in [0, 0.1) is 13.7 Å². The van der Waals surface area contributed by atoms with Crippen molar-refractivity contribution in [3.63, 3.8) is 0 Å². The third-order valence-electron chi connectivity index (χ3n) is 1.59. The summed E-state index contributed by atoms with van der Waals surface area (Å²) in [5, 5.41) is 10.7. The van der Waals surface area contributed by atoms with E-state index >= 15 is 0 Å². The Morgan fingerprint density at radius 1 is 1.60 bits per heavy atom. The summed E-state index contributed by atoms with van der Waals surface area (Å²) in [7, 11) is 3.70. The number of hydrogen-bond acceptors (Lipinski definition) is 4. The first kappa shape index (κ1) is 11.9. The van der Waals surface area contributed by atoms with Crippen LogP contribution < -0.4 is 0 Å². The summed E-state index contributed by atoms with van der Waals surface area (Å²) >= 11 is 2.07. The van der Waals surface area contributed by atoms with Crippen LogP contribution in [0.15, 0.2) is 18.5 Å². The molecule has 0 aliphatic heterocycles. The molecule has 0 atom stereocenters. The van der Waals surface area contributed by atoms with E-state index in [9.17, 15) is 10.1 Å². The highest BCUT2D eigenvalue weighted by Crippen LogP contribution is 2.19. The SMILES string of the molecule is CN(C)C=Cc1cc(I)cnc1[N+](=O)[O-]. The molecule has 5 nitrogen and oxygen atoms in total. The maximum atomic E-state index is 10.7. The van der Waals surface area contributed by atoms with Gasteiger partial charge in [0.1, 0.15) is 0 Å². The molecule has 0 spiro atoms. The Labute approximate surface area is 101 Å². The zero-order chi connectivity index (χ0) is 11.4. The molecule has 15 heavy (non-hydrogen) atoms. The molecule has 80 valence electrons. The van der Waals surface area contributed by atoms with Gasteiger partial charge >= 0.3 is 5.82 Å². The molecule has 6 heteroatoms. The quantitative estimate of drug-likeness (QED) is 0.486. The highest BCUT2D eigenvalue weighted by molar-refractivity contribution is 14.1. The number of aromatic nitrogens is 1. The molecule has 0 saturated carbocycles. The van der Waals surface area contributed by atoms with Gasteiger partial charge < -0.3 is 15.0 Å². The third kappa shape index (κ3) is 3.46. The van der Waals surface area contributed by atoms with E-state index in [0.29, 0.717) is 5.56 Å². The van der Waals surface area contributed by atoms with Crippen molar-refractivity contribution in [1.82, 2.24) is 9.88 Å². The van der Waals surface area contributed by atoms with Crippen LogP contribution in [-0.4, -0.2) is 28.9 Å². The molecular formula is C9H10IN3O2. The summed E-state index contributed by atoms with van der Waals surface area (Å²) in [6.45, 7) is 0. The van der Waals surface area contributed by atoms with Crippen molar-refractivity contribution in [3.05, 3.63) is 37.7 Å². The van der Waals surface area contributed by atoms with Crippen LogP contribution in [0.3, 0.4) is 0 Å². The second kappa shape index (κ2) is 5.06. The largest absolute Gasteiger partial charge is 0.383 e. The summed E-state index contributed by atoms with van der Waals surface area (Å²) in [5.74, 6) is -0.117. The number of nitro groups is 1. The maximum Gasteiger partial charge on any atom is 0.370 e. The number of nitrogens with zero attached hydrogens (tertiary/aromatic N) is 3. The van der Waals surface area contributed by atoms with E-state index in [4.69, 9.17) is 0 Å². The Kier molecular flexibility index (Phi) is 4.01. The smallest absolute Gasteiger partial charge is 0.370 e. The van der Waals surface area contributed by atoms with E-state index in [0.717, 1.165) is 3.57 Å². The summed E-state index contributed by atoms with van der Waals surface area (Å²) < 4.78 is 0.872. The van der Waals surface area contributed by atoms with Gasteiger partial charge in [-0.15, -0.1) is 0 Å². The minimum Gasteiger partial charge on any atom is -0.383 e. The lowest BCUT2D eigenvalue weighted by Crippen LogP contribution is -2.01. The number of halogens is 1. The van der Waals surface area contributed by atoms with Crippen LogP contribution in [0.5, 0.6) is 0 Å². The number of pyridine rings is 1. The average Bonchev–Trinajstić information content (AvgIpc) is 2.14. The maximum absolute atomic E-state index is 10.7. The number of rotatable bonds is 3. The van der Waals surface area contributed by atoms with Crippen molar-refractivity contribution in [2.24, 2.45) is 0 Å². The lowest BCUT2D eigenvalue weighted by atomic mass is 10.2. The van der Waals surface area contributed by atoms with E-state index in [1.54, 1.807) is 18.3 Å². The monoisotopic (exact) mass is 319 g/mol. The molecule has 0 fully saturated rings. The highest BCUT2D eigenvalue weighted by Gasteiger charge is 2.13. The van der Waals surface area contributed by atoms with E-state index in [1.807, 2.05) is 19.0 Å². The lowest BCUT2D eigenvalue weighted by Gasteiger charge is -2.03. The predicted octanol–water partition coefficient (Wildman–Crippen LogP) is 2.13. The van der Waals surface area contributed by atoms with Gasteiger partial charge in [-0.25, -0.2) is 0 Å². The fourth-order valence-electron chi connectivity index (χ4n) is 0.952. The lowest BCUT2D eigenvalue weighted by molar-refractivity contribution is -0.389. The first-order chi connectivity index (χ1) is 7.00. The van der Waals surface area contributed by atoms with Crippen LogP contribution in [0.1, 0.15) is 5.56 Å². The Balaban J connectivity index is 3.13. The highest BCUT2D eigenvalue weighted by atomic mass is 127. The van der Waals surface area contributed by atoms with Gasteiger partial charge in [-0.3, -0.25) is 0 Å². The Morgan fingerprint density at radius 3 is 2.80 bits per heavy atom. The van der Waals surface area contributed by atoms with Crippen molar-refractivity contribution in [3.8, 4) is 0 Å². The van der Waals surface area contributed by atoms with Crippen molar-refractivity contribution in [2.75, 3.05) is 14.1 Å². The van der Waals surface area contributed by atoms with Crippen LogP contribution in [0.2, 0.25) is 0 Å². The molecular weight excluding hydrogens is 309 g/mol. The molecule has 1 aromatic heterocycles. The molecule has 0 aromatic carbocycles. The van der Waals surface area contributed by atoms with Gasteiger partial charge in [0.2, 0.25) is 0 Å². The zero-order valence-electron chi connectivity index (χ0n) is 8.35. The van der Waals surface area contributed by atoms with Gasteiger partial charge in [0.05, 0.1) is 9.13 Å². The third-order valence-corrected chi connectivity index (χ3v) is 2.18. The van der Waals surface area contributed by atoms with Gasteiger partial charge in [0.25, 0.3) is 0 Å². The number of hydrogen-bond donors (Lipinski definition) is 0. The molecule has 1 heterocycles. The second-order valence-corrected chi connectivity index (χ2v) is 4.35. The standard InChI is InChI=1S/C9H10IN3O2/c1-12(2)4-3-7-5-8(10)6-11-9(7)13(14)15/h3-6H,1-2H3. The van der Waals surface area contributed by atoms with E-state index in [-0.39, 0.29) is 5.82 Å². The van der Waals surface area contributed by atoms with Crippen molar-refractivity contribution in [1.29, 1.82) is 0 Å². The minimum absolute atomic E-state index is 0.117. The molecule has 1 aromatic rings. The molecule has 0 saturated heterocycles. The summed E-state index contributed by atoms with van der Waals surface area (Å²) in [6, 6.07) is 1.73. The van der Waals surface area contributed by atoms with Gasteiger partial charge in [0.15, 0.2) is 6.20 Å². The van der Waals surface area contributed by atoms with Crippen molar-refractivity contribution < 1.29 is 4.92 Å². The zero-order valence-corrected chi connectivity index (χ0v) is 10.5. The van der Waals surface area contributed by atoms with E-state index in [1.165, 1.54) is 6.20 Å². The van der Waals surface area contributed by atoms with Crippen LogP contribution >= 0.6 is 22.6 Å². The van der Waals surface area contributed by atoms with Crippen LogP contribution in [0.25, 0.3) is 6.08 Å². The fraction of sp³-hybridized carbons (Fsp3) is 0.222. The molecule has 0 radical (unpaired) electrons. The first-order valence-electron chi connectivity index (χ1n) is 4.15. The molecule has 0 amide bonds. The topological polar surface area (TPSA) is 59.3 Å². The van der Waals surface area contributed by atoms with E-state index < -0.39 is 4.92 Å². The molecule has 1 rings (SSSR count). The Morgan fingerprint density at radius 2 is 2.27 bits per heavy atom. The molecule has 0 N–H and O–H groups in total. The van der Waals surface area contributed by atoms with Crippen molar-refractivity contribution in [2.45, 2.75) is 0 Å². The molecule has 0 aliphatic rings. The van der Waals surface area contributed by atoms with Crippen LogP contribution in [-0.2, 0) is 0 Å². The predicted molar refractivity (Wildman–Crippen MR) is 66.3 cm³/mol. The average molecular weight is 319 g/mol. The second-order valence-electron chi connectivity index (χ2n) is 3.10. The van der Waals surface area contributed by atoms with Gasteiger partial charge in [-0.1, -0.05) is 0 Å². The van der Waals surface area contributed by atoms with Gasteiger partial charge in [-0.05, 0) is 50.8 Å². The molecule has 0 bridgehead atoms. The Bertz CT molecular complexity index is 404. The van der Waals surface area contributed by atoms with E-state index in [2.05, 4.69) is 27.6 Å². The normalized spacial score (nSPS) is 10.6. The minimum atomic E-state index is -0.481. The molecule has 0 aliphatic carbocycles. The Hall–Kier alpha value is -1.18.